The van der Waals surface area contributed by atoms with Crippen LogP contribution in [0.2, 0.25) is 5.02 Å². The van der Waals surface area contributed by atoms with E-state index in [1.165, 1.54) is 12.0 Å². The molecule has 0 heterocycles. The number of amides is 2. The molecular weight excluding hydrogens is 512 g/mol. The highest BCUT2D eigenvalue weighted by molar-refractivity contribution is 7.99. The van der Waals surface area contributed by atoms with E-state index in [-0.39, 0.29) is 17.9 Å². The van der Waals surface area contributed by atoms with E-state index in [9.17, 15) is 9.59 Å². The van der Waals surface area contributed by atoms with Crippen LogP contribution in [0.3, 0.4) is 0 Å². The summed E-state index contributed by atoms with van der Waals surface area (Å²) in [7, 11) is 0. The number of hydrogen-bond acceptors (Lipinski definition) is 3. The second-order valence-corrected chi connectivity index (χ2v) is 11.6. The molecule has 200 valence electrons. The Balaban J connectivity index is 1.56. The van der Waals surface area contributed by atoms with Crippen LogP contribution in [0.5, 0.6) is 0 Å². The van der Waals surface area contributed by atoms with E-state index in [0.717, 1.165) is 41.7 Å². The summed E-state index contributed by atoms with van der Waals surface area (Å²) < 4.78 is 0. The van der Waals surface area contributed by atoms with Crippen molar-refractivity contribution in [3.63, 3.8) is 0 Å². The van der Waals surface area contributed by atoms with Crippen LogP contribution in [0.4, 0.5) is 0 Å². The van der Waals surface area contributed by atoms with Gasteiger partial charge in [0.2, 0.25) is 11.8 Å². The Bertz CT molecular complexity index is 1180. The van der Waals surface area contributed by atoms with E-state index in [1.54, 1.807) is 16.7 Å². The van der Waals surface area contributed by atoms with Gasteiger partial charge in [-0.15, -0.1) is 11.8 Å². The van der Waals surface area contributed by atoms with Crippen molar-refractivity contribution in [2.24, 2.45) is 0 Å². The third kappa shape index (κ3) is 8.37. The monoisotopic (exact) mass is 548 g/mol. The van der Waals surface area contributed by atoms with Crippen LogP contribution < -0.4 is 5.32 Å². The molecular formula is C32H37ClN2O2S. The second-order valence-electron chi connectivity index (χ2n) is 10.1. The number of nitrogens with zero attached hydrogens (tertiary/aromatic N) is 1. The zero-order chi connectivity index (χ0) is 26.7. The Morgan fingerprint density at radius 2 is 1.63 bits per heavy atom. The average molecular weight is 549 g/mol. The molecule has 1 fully saturated rings. The lowest BCUT2D eigenvalue weighted by molar-refractivity contribution is -0.141. The van der Waals surface area contributed by atoms with Crippen LogP contribution in [-0.4, -0.2) is 34.6 Å². The lowest BCUT2D eigenvalue weighted by Gasteiger charge is -2.33. The largest absolute Gasteiger partial charge is 0.352 e. The molecule has 0 bridgehead atoms. The molecule has 0 spiro atoms. The molecule has 6 heteroatoms. The van der Waals surface area contributed by atoms with Gasteiger partial charge in [0.05, 0.1) is 0 Å². The first-order valence-corrected chi connectivity index (χ1v) is 14.9. The van der Waals surface area contributed by atoms with E-state index in [2.05, 4.69) is 36.5 Å². The number of rotatable bonds is 11. The van der Waals surface area contributed by atoms with Gasteiger partial charge in [-0.3, -0.25) is 9.59 Å². The Kier molecular flexibility index (Phi) is 10.7. The molecule has 3 aromatic carbocycles. The van der Waals surface area contributed by atoms with Crippen LogP contribution in [0.1, 0.15) is 55.2 Å². The van der Waals surface area contributed by atoms with Crippen LogP contribution in [0, 0.1) is 6.92 Å². The minimum absolute atomic E-state index is 0.0377. The number of carbonyl (C=O) groups excluding carboxylic acids is 2. The molecule has 4 rings (SSSR count). The molecule has 4 nitrogen and oxygen atoms in total. The summed E-state index contributed by atoms with van der Waals surface area (Å²) in [5.74, 6) is 0.528. The maximum Gasteiger partial charge on any atom is 0.243 e. The van der Waals surface area contributed by atoms with Gasteiger partial charge in [-0.05, 0) is 49.1 Å². The van der Waals surface area contributed by atoms with Gasteiger partial charge in [0.1, 0.15) is 6.04 Å². The van der Waals surface area contributed by atoms with Crippen LogP contribution in [-0.2, 0) is 22.6 Å². The first-order valence-electron chi connectivity index (χ1n) is 13.6. The molecule has 0 saturated heterocycles. The molecule has 0 aromatic heterocycles. The third-order valence-corrected chi connectivity index (χ3v) is 8.51. The van der Waals surface area contributed by atoms with Crippen molar-refractivity contribution >= 4 is 35.2 Å². The van der Waals surface area contributed by atoms with Gasteiger partial charge in [-0.1, -0.05) is 97.1 Å². The summed E-state index contributed by atoms with van der Waals surface area (Å²) in [5.41, 5.74) is 3.09. The zero-order valence-electron chi connectivity index (χ0n) is 22.1. The molecule has 0 radical (unpaired) electrons. The number of aryl methyl sites for hydroxylation is 1. The summed E-state index contributed by atoms with van der Waals surface area (Å²) >= 11 is 8.19. The average Bonchev–Trinajstić information content (AvgIpc) is 2.93. The fraction of sp³-hybridized carbons (Fsp3) is 0.375. The Labute approximate surface area is 236 Å². The fourth-order valence-electron chi connectivity index (χ4n) is 4.94. The summed E-state index contributed by atoms with van der Waals surface area (Å²) in [6.07, 6.45) is 6.27. The lowest BCUT2D eigenvalue weighted by atomic mass is 9.94. The molecule has 1 aliphatic rings. The van der Waals surface area contributed by atoms with Crippen molar-refractivity contribution < 1.29 is 9.59 Å². The van der Waals surface area contributed by atoms with Gasteiger partial charge in [0.25, 0.3) is 0 Å². The number of hydrogen-bond donors (Lipinski definition) is 1. The normalized spacial score (nSPS) is 14.6. The minimum Gasteiger partial charge on any atom is -0.352 e. The maximum absolute atomic E-state index is 13.8. The van der Waals surface area contributed by atoms with E-state index < -0.39 is 6.04 Å². The van der Waals surface area contributed by atoms with Crippen molar-refractivity contribution in [3.05, 3.63) is 101 Å². The summed E-state index contributed by atoms with van der Waals surface area (Å²) in [4.78, 5) is 30.5. The van der Waals surface area contributed by atoms with Gasteiger partial charge in [-0.25, -0.2) is 0 Å². The number of halogens is 1. The molecule has 2 amide bonds. The van der Waals surface area contributed by atoms with Crippen molar-refractivity contribution in [1.82, 2.24) is 10.2 Å². The molecule has 1 N–H and O–H groups in total. The molecule has 1 unspecified atom stereocenters. The molecule has 0 aliphatic heterocycles. The summed E-state index contributed by atoms with van der Waals surface area (Å²) in [5, 5.41) is 3.89. The lowest BCUT2D eigenvalue weighted by Crippen LogP contribution is -2.53. The maximum atomic E-state index is 13.8. The predicted octanol–water partition coefficient (Wildman–Crippen LogP) is 7.22. The Hall–Kier alpha value is -2.76. The van der Waals surface area contributed by atoms with Gasteiger partial charge in [0.15, 0.2) is 0 Å². The summed E-state index contributed by atoms with van der Waals surface area (Å²) in [6.45, 7) is 2.36. The van der Waals surface area contributed by atoms with Crippen LogP contribution in [0.25, 0.3) is 0 Å². The zero-order valence-corrected chi connectivity index (χ0v) is 23.6. The van der Waals surface area contributed by atoms with E-state index in [1.807, 2.05) is 54.6 Å². The number of nitrogens with one attached hydrogen (secondary N) is 1. The topological polar surface area (TPSA) is 49.4 Å². The highest BCUT2D eigenvalue weighted by Crippen LogP contribution is 2.24. The van der Waals surface area contributed by atoms with Crippen molar-refractivity contribution in [3.8, 4) is 0 Å². The molecule has 38 heavy (non-hydrogen) atoms. The Morgan fingerprint density at radius 3 is 2.34 bits per heavy atom. The molecule has 1 atom stereocenters. The predicted molar refractivity (Wildman–Crippen MR) is 157 cm³/mol. The van der Waals surface area contributed by atoms with Gasteiger partial charge in [-0.2, -0.15) is 0 Å². The highest BCUT2D eigenvalue weighted by atomic mass is 35.5. The quantitative estimate of drug-likeness (QED) is 0.257. The number of thioether (sulfide) groups is 1. The van der Waals surface area contributed by atoms with Crippen LogP contribution in [0.15, 0.2) is 83.8 Å². The van der Waals surface area contributed by atoms with Crippen LogP contribution >= 0.6 is 23.4 Å². The third-order valence-electron chi connectivity index (χ3n) is 7.13. The SMILES string of the molecule is Cc1ccc(SCCC(=O)N(Cc2ccccc2Cl)C(Cc2ccccc2)C(=O)NC2CCCCC2)cc1. The molecule has 1 aliphatic carbocycles. The highest BCUT2D eigenvalue weighted by Gasteiger charge is 2.32. The smallest absolute Gasteiger partial charge is 0.243 e. The molecule has 1 saturated carbocycles. The van der Waals surface area contributed by atoms with E-state index in [0.29, 0.717) is 30.2 Å². The van der Waals surface area contributed by atoms with Gasteiger partial charge >= 0.3 is 0 Å². The number of carbonyl (C=O) groups is 2. The summed E-state index contributed by atoms with van der Waals surface area (Å²) in [6, 6.07) is 25.4. The van der Waals surface area contributed by atoms with Gasteiger partial charge < -0.3 is 10.2 Å². The first kappa shape index (κ1) is 28.3. The molecule has 3 aromatic rings. The second kappa shape index (κ2) is 14.4. The van der Waals surface area contributed by atoms with Crippen molar-refractivity contribution in [1.29, 1.82) is 0 Å². The van der Waals surface area contributed by atoms with E-state index >= 15 is 0 Å². The number of benzene rings is 3. The van der Waals surface area contributed by atoms with Gasteiger partial charge in [0, 0.05) is 41.1 Å². The fourth-order valence-corrected chi connectivity index (χ4v) is 5.98. The minimum atomic E-state index is -0.618. The first-order chi connectivity index (χ1) is 18.5. The van der Waals surface area contributed by atoms with Crippen molar-refractivity contribution in [2.75, 3.05) is 5.75 Å². The standard InChI is InChI=1S/C32H37ClN2O2S/c1-24-16-18-28(19-17-24)38-21-20-31(36)35(23-26-12-8-9-15-29(26)33)30(22-25-10-4-2-5-11-25)32(37)34-27-13-6-3-7-14-27/h2,4-5,8-12,15-19,27,30H,3,6-7,13-14,20-23H2,1H3,(H,34,37). The van der Waals surface area contributed by atoms with E-state index in [4.69, 9.17) is 11.6 Å². The Morgan fingerprint density at radius 1 is 0.947 bits per heavy atom. The van der Waals surface area contributed by atoms with Crippen molar-refractivity contribution in [2.45, 2.75) is 75.4 Å².